The lowest BCUT2D eigenvalue weighted by atomic mass is 10.1. The number of nitrogens with one attached hydrogen (secondary N) is 1. The molecule has 0 fully saturated rings. The lowest BCUT2D eigenvalue weighted by molar-refractivity contribution is 1.07. The maximum absolute atomic E-state index is 7.94. The highest BCUT2D eigenvalue weighted by Gasteiger charge is 2.24. The average molecular weight is 1410 g/mol. The quantitative estimate of drug-likeness (QED) is 0.144. The number of hydrogen-bond acceptors (Lipinski definition) is 6. The Morgan fingerprint density at radius 1 is 0.267 bits per heavy atom. The normalized spacial score (nSPS) is 11.3. The fourth-order valence-corrected chi connectivity index (χ4v) is 14.7. The molecule has 0 aliphatic rings. The third kappa shape index (κ3) is 11.4. The molecule has 6 aromatic heterocycles. The van der Waals surface area contributed by atoms with E-state index in [1.807, 2.05) is 194 Å². The van der Waals surface area contributed by atoms with Crippen LogP contribution in [0.3, 0.4) is 0 Å². The number of nitrogens with zero attached hydrogens (tertiary/aromatic N) is 11. The van der Waals surface area contributed by atoms with E-state index < -0.39 is 0 Å². The standard InChI is InChI=1S/C46H28N6.C25H15N3.C21H14BrN3/c1-47-37-20-10-13-23-40(37)52-39-22-12-9-19-36(39)42-41(52)29-28-35-34-18-8-11-21-38(34)51(43(35)42)33-26-24-32(25-27-33)46-49-44(30-14-4-2-5-15-30)48-45(50-46)31-16-6-3-7-17-31;1-26-20-11-5-7-13-22(20)28-21-12-6-3-9-18(21)24-23(28)15-14-17-16-8-2-4-10-19(16)27-25(17)24;22-18-13-11-17(12-14-18)21-24-19(15-7-3-1-4-8-15)23-20(25-21)16-9-5-2-6-10-16/h2-29H;2-15,27H;1-14H. The first-order valence-electron chi connectivity index (χ1n) is 34.4. The van der Waals surface area contributed by atoms with Crippen LogP contribution in [0.5, 0.6) is 0 Å². The molecule has 0 atom stereocenters. The number of H-pyrrole nitrogens is 1. The minimum absolute atomic E-state index is 0.616. The Hall–Kier alpha value is -14.2. The average Bonchev–Trinajstić information content (AvgIpc) is 1.56. The molecule has 14 aromatic carbocycles. The van der Waals surface area contributed by atoms with E-state index >= 15 is 0 Å². The van der Waals surface area contributed by atoms with Gasteiger partial charge in [0, 0.05) is 92.1 Å². The summed E-state index contributed by atoms with van der Waals surface area (Å²) in [6.07, 6.45) is 0. The molecule has 0 saturated carbocycles. The van der Waals surface area contributed by atoms with Crippen LogP contribution < -0.4 is 0 Å². The molecule has 1 N–H and O–H groups in total. The third-order valence-electron chi connectivity index (χ3n) is 19.2. The molecule has 20 aromatic rings. The van der Waals surface area contributed by atoms with Crippen LogP contribution in [-0.2, 0) is 0 Å². The van der Waals surface area contributed by atoms with Crippen LogP contribution in [-0.4, -0.2) is 48.6 Å². The van der Waals surface area contributed by atoms with Gasteiger partial charge in [-0.15, -0.1) is 0 Å². The van der Waals surface area contributed by atoms with Gasteiger partial charge in [0.15, 0.2) is 34.9 Å². The number of fused-ring (bicyclic) bond motifs is 14. The van der Waals surface area contributed by atoms with Gasteiger partial charge in [-0.25, -0.2) is 39.6 Å². The molecule has 0 aliphatic heterocycles. The van der Waals surface area contributed by atoms with Crippen molar-refractivity contribution in [3.63, 3.8) is 0 Å². The lowest BCUT2D eigenvalue weighted by Gasteiger charge is -2.12. The molecule has 20 rings (SSSR count). The number of aromatic amines is 1. The molecule has 0 spiro atoms. The minimum Gasteiger partial charge on any atom is -0.354 e. The maximum Gasteiger partial charge on any atom is 0.210 e. The van der Waals surface area contributed by atoms with Gasteiger partial charge in [0.05, 0.1) is 63.1 Å². The Kier molecular flexibility index (Phi) is 16.2. The van der Waals surface area contributed by atoms with Gasteiger partial charge in [-0.1, -0.05) is 271 Å². The van der Waals surface area contributed by atoms with E-state index in [0.717, 1.165) is 110 Å². The Morgan fingerprint density at radius 2 is 0.610 bits per heavy atom. The van der Waals surface area contributed by atoms with Crippen LogP contribution in [0.15, 0.2) is 344 Å². The number of para-hydroxylation sites is 8. The van der Waals surface area contributed by atoms with E-state index in [2.05, 4.69) is 195 Å². The Balaban J connectivity index is 0.000000124. The second kappa shape index (κ2) is 27.0. The predicted octanol–water partition coefficient (Wildman–Crippen LogP) is 24.2. The molecule has 13 heteroatoms. The fourth-order valence-electron chi connectivity index (χ4n) is 14.4. The summed E-state index contributed by atoms with van der Waals surface area (Å²) in [5.41, 5.74) is 18.6. The summed E-state index contributed by atoms with van der Waals surface area (Å²) in [6.45, 7) is 15.6. The highest BCUT2D eigenvalue weighted by Crippen LogP contribution is 2.45. The van der Waals surface area contributed by atoms with Crippen molar-refractivity contribution < 1.29 is 0 Å². The van der Waals surface area contributed by atoms with Gasteiger partial charge in [0.25, 0.3) is 0 Å². The van der Waals surface area contributed by atoms with Crippen molar-refractivity contribution in [3.05, 3.63) is 367 Å². The summed E-state index contributed by atoms with van der Waals surface area (Å²) in [7, 11) is 0. The molecule has 0 aliphatic carbocycles. The van der Waals surface area contributed by atoms with E-state index in [1.54, 1.807) is 0 Å². The molecule has 492 valence electrons. The Labute approximate surface area is 611 Å². The SMILES string of the molecule is Brc1ccc(-c2nc(-c3ccccc3)nc(-c3ccccc3)n2)cc1.[C-]#[N+]c1ccccc1-n1c2ccccc2c2c1ccc1c3ccccc3n(-c3ccc(-c4nc(-c5ccccc5)nc(-c5ccccc5)n4)cc3)c12.[C-]#[N+]c1ccccc1-n1c2ccccc2c2c3[nH]c4ccccc4c3ccc21. The number of aromatic nitrogens is 10. The van der Waals surface area contributed by atoms with Crippen LogP contribution in [0.2, 0.25) is 0 Å². The first-order valence-corrected chi connectivity index (χ1v) is 35.1. The lowest BCUT2D eigenvalue weighted by Crippen LogP contribution is -2.00. The van der Waals surface area contributed by atoms with E-state index in [0.29, 0.717) is 46.3 Å². The summed E-state index contributed by atoms with van der Waals surface area (Å²) < 4.78 is 7.84. The molecule has 0 unspecified atom stereocenters. The highest BCUT2D eigenvalue weighted by molar-refractivity contribution is 9.10. The first-order chi connectivity index (χ1) is 51.9. The highest BCUT2D eigenvalue weighted by atomic mass is 79.9. The predicted molar refractivity (Wildman–Crippen MR) is 431 cm³/mol. The first kappa shape index (κ1) is 63.0. The van der Waals surface area contributed by atoms with Crippen molar-refractivity contribution in [1.82, 2.24) is 48.6 Å². The van der Waals surface area contributed by atoms with Crippen LogP contribution in [0.4, 0.5) is 11.4 Å². The molecule has 0 bridgehead atoms. The minimum atomic E-state index is 0.616. The second-order valence-corrected chi connectivity index (χ2v) is 26.2. The Bertz CT molecular complexity index is 6680. The van der Waals surface area contributed by atoms with Crippen LogP contribution in [0.25, 0.3) is 182 Å². The summed E-state index contributed by atoms with van der Waals surface area (Å²) in [6, 6.07) is 115. The van der Waals surface area contributed by atoms with E-state index in [-0.39, 0.29) is 0 Å². The summed E-state index contributed by atoms with van der Waals surface area (Å²) in [4.78, 5) is 40.1. The largest absolute Gasteiger partial charge is 0.354 e. The van der Waals surface area contributed by atoms with Gasteiger partial charge in [-0.2, -0.15) is 0 Å². The topological polar surface area (TPSA) is 117 Å². The van der Waals surface area contributed by atoms with Crippen LogP contribution in [0.1, 0.15) is 0 Å². The summed E-state index contributed by atoms with van der Waals surface area (Å²) in [5.74, 6) is 3.90. The second-order valence-electron chi connectivity index (χ2n) is 25.3. The van der Waals surface area contributed by atoms with Gasteiger partial charge in [0.1, 0.15) is 0 Å². The molecular formula is C92H57BrN12. The molecule has 12 nitrogen and oxygen atoms in total. The summed E-state index contributed by atoms with van der Waals surface area (Å²) >= 11 is 3.47. The van der Waals surface area contributed by atoms with Crippen LogP contribution in [0, 0.1) is 13.1 Å². The van der Waals surface area contributed by atoms with Crippen molar-refractivity contribution in [1.29, 1.82) is 0 Å². The molecular weight excluding hydrogens is 1350 g/mol. The monoisotopic (exact) mass is 1410 g/mol. The van der Waals surface area contributed by atoms with Crippen molar-refractivity contribution in [2.45, 2.75) is 0 Å². The Morgan fingerprint density at radius 3 is 1.07 bits per heavy atom. The van der Waals surface area contributed by atoms with Gasteiger partial charge in [-0.05, 0) is 84.9 Å². The van der Waals surface area contributed by atoms with E-state index in [4.69, 9.17) is 38.1 Å². The molecule has 105 heavy (non-hydrogen) atoms. The van der Waals surface area contributed by atoms with E-state index in [1.165, 1.54) is 32.3 Å². The summed E-state index contributed by atoms with van der Waals surface area (Å²) in [5, 5.41) is 9.48. The van der Waals surface area contributed by atoms with Gasteiger partial charge < -0.3 is 18.7 Å². The van der Waals surface area contributed by atoms with Crippen molar-refractivity contribution >= 4 is 115 Å². The van der Waals surface area contributed by atoms with Crippen molar-refractivity contribution in [2.75, 3.05) is 0 Å². The smallest absolute Gasteiger partial charge is 0.210 e. The van der Waals surface area contributed by atoms with Gasteiger partial charge in [0.2, 0.25) is 11.4 Å². The number of hydrogen-bond donors (Lipinski definition) is 1. The van der Waals surface area contributed by atoms with Gasteiger partial charge >= 0.3 is 0 Å². The van der Waals surface area contributed by atoms with Crippen molar-refractivity contribution in [3.8, 4) is 85.4 Å². The maximum atomic E-state index is 7.94. The van der Waals surface area contributed by atoms with Gasteiger partial charge in [-0.3, -0.25) is 0 Å². The number of rotatable bonds is 9. The van der Waals surface area contributed by atoms with E-state index in [9.17, 15) is 0 Å². The fraction of sp³-hybridized carbons (Fsp3) is 0. The zero-order valence-corrected chi connectivity index (χ0v) is 57.7. The third-order valence-corrected chi connectivity index (χ3v) is 19.7. The zero-order chi connectivity index (χ0) is 70.3. The zero-order valence-electron chi connectivity index (χ0n) is 56.1. The molecule has 0 amide bonds. The molecule has 6 heterocycles. The molecule has 0 saturated heterocycles. The molecule has 0 radical (unpaired) electrons. The van der Waals surface area contributed by atoms with Crippen LogP contribution >= 0.6 is 15.9 Å². The number of halogens is 1. The van der Waals surface area contributed by atoms with Crippen molar-refractivity contribution in [2.24, 2.45) is 0 Å². The number of benzene rings is 14.